The van der Waals surface area contributed by atoms with Crippen LogP contribution >= 0.6 is 0 Å². The minimum Gasteiger partial charge on any atom is -0.351 e. The lowest BCUT2D eigenvalue weighted by Crippen LogP contribution is -2.28. The maximum atomic E-state index is 13.6. The Hall–Kier alpha value is -4.28. The Kier molecular flexibility index (Phi) is 7.80. The molecule has 0 aliphatic rings. The number of benzene rings is 3. The van der Waals surface area contributed by atoms with Crippen molar-refractivity contribution in [2.75, 3.05) is 17.2 Å². The topological polar surface area (TPSA) is 87.3 Å². The van der Waals surface area contributed by atoms with Gasteiger partial charge in [-0.05, 0) is 48.5 Å². The van der Waals surface area contributed by atoms with E-state index < -0.39 is 41.1 Å². The van der Waals surface area contributed by atoms with E-state index in [9.17, 15) is 36.3 Å². The van der Waals surface area contributed by atoms with Crippen LogP contribution in [-0.4, -0.2) is 24.3 Å². The molecule has 3 rings (SSSR count). The third kappa shape index (κ3) is 7.10. The highest BCUT2D eigenvalue weighted by atomic mass is 19.4. The van der Waals surface area contributed by atoms with Crippen molar-refractivity contribution >= 4 is 29.1 Å². The molecule has 3 N–H and O–H groups in total. The van der Waals surface area contributed by atoms with E-state index in [0.29, 0.717) is 6.07 Å². The fraction of sp³-hybridized carbons (Fsp3) is 0.125. The van der Waals surface area contributed by atoms with E-state index in [-0.39, 0.29) is 35.5 Å². The number of anilines is 2. The predicted molar refractivity (Wildman–Crippen MR) is 118 cm³/mol. The lowest BCUT2D eigenvalue weighted by atomic mass is 10.1. The molecule has 6 nitrogen and oxygen atoms in total. The van der Waals surface area contributed by atoms with Gasteiger partial charge in [-0.15, -0.1) is 0 Å². The molecule has 0 atom stereocenters. The maximum Gasteiger partial charge on any atom is 0.416 e. The number of nitrogens with one attached hydrogen (secondary N) is 3. The zero-order valence-corrected chi connectivity index (χ0v) is 17.9. The van der Waals surface area contributed by atoms with Crippen molar-refractivity contribution in [1.29, 1.82) is 0 Å². The normalized spacial score (nSPS) is 11.0. The summed E-state index contributed by atoms with van der Waals surface area (Å²) in [6.45, 7) is -0.142. The lowest BCUT2D eigenvalue weighted by Gasteiger charge is -2.11. The smallest absolute Gasteiger partial charge is 0.351 e. The van der Waals surface area contributed by atoms with Crippen molar-refractivity contribution in [2.45, 2.75) is 12.6 Å². The Morgan fingerprint density at radius 2 is 1.46 bits per heavy atom. The first-order chi connectivity index (χ1) is 16.5. The van der Waals surface area contributed by atoms with Gasteiger partial charge in [-0.1, -0.05) is 12.1 Å². The van der Waals surface area contributed by atoms with Crippen molar-refractivity contribution in [3.8, 4) is 0 Å². The van der Waals surface area contributed by atoms with Gasteiger partial charge in [0.15, 0.2) is 0 Å². The second kappa shape index (κ2) is 10.8. The number of hydrogen-bond donors (Lipinski definition) is 3. The van der Waals surface area contributed by atoms with Gasteiger partial charge in [0, 0.05) is 36.0 Å². The van der Waals surface area contributed by atoms with Gasteiger partial charge >= 0.3 is 6.18 Å². The van der Waals surface area contributed by atoms with Crippen LogP contribution in [0.1, 0.15) is 32.7 Å². The summed E-state index contributed by atoms with van der Waals surface area (Å²) >= 11 is 0. The minimum absolute atomic E-state index is 0.0485. The summed E-state index contributed by atoms with van der Waals surface area (Å²) in [5.41, 5.74) is -1.01. The van der Waals surface area contributed by atoms with Crippen molar-refractivity contribution in [3.63, 3.8) is 0 Å². The quantitative estimate of drug-likeness (QED) is 0.407. The molecular formula is C24H18F5N3O3. The Morgan fingerprint density at radius 3 is 2.14 bits per heavy atom. The molecule has 0 aliphatic heterocycles. The van der Waals surface area contributed by atoms with E-state index in [1.807, 2.05) is 0 Å². The van der Waals surface area contributed by atoms with Crippen LogP contribution in [0.5, 0.6) is 0 Å². The molecule has 3 aromatic carbocycles. The van der Waals surface area contributed by atoms with Gasteiger partial charge in [0.25, 0.3) is 11.8 Å². The fourth-order valence-electron chi connectivity index (χ4n) is 3.00. The molecule has 0 spiro atoms. The first-order valence-corrected chi connectivity index (χ1v) is 10.1. The first-order valence-electron chi connectivity index (χ1n) is 10.1. The highest BCUT2D eigenvalue weighted by Crippen LogP contribution is 2.30. The second-order valence-corrected chi connectivity index (χ2v) is 7.29. The van der Waals surface area contributed by atoms with Crippen molar-refractivity contribution in [1.82, 2.24) is 5.32 Å². The highest BCUT2D eigenvalue weighted by Gasteiger charge is 2.30. The van der Waals surface area contributed by atoms with E-state index in [2.05, 4.69) is 16.0 Å². The largest absolute Gasteiger partial charge is 0.416 e. The molecule has 0 saturated heterocycles. The monoisotopic (exact) mass is 491 g/mol. The van der Waals surface area contributed by atoms with E-state index in [1.54, 1.807) is 0 Å². The average Bonchev–Trinajstić information content (AvgIpc) is 2.78. The van der Waals surface area contributed by atoms with Gasteiger partial charge in [0.2, 0.25) is 5.91 Å². The van der Waals surface area contributed by atoms with Gasteiger partial charge in [-0.25, -0.2) is 8.78 Å². The molecule has 0 saturated carbocycles. The molecular weight excluding hydrogens is 473 g/mol. The van der Waals surface area contributed by atoms with Gasteiger partial charge in [-0.3, -0.25) is 14.4 Å². The van der Waals surface area contributed by atoms with Crippen LogP contribution < -0.4 is 16.0 Å². The van der Waals surface area contributed by atoms with Crippen molar-refractivity contribution < 1.29 is 36.3 Å². The average molecular weight is 491 g/mol. The molecule has 0 heterocycles. The maximum absolute atomic E-state index is 13.6. The van der Waals surface area contributed by atoms with E-state index in [0.717, 1.165) is 24.3 Å². The standard InChI is InChI=1S/C24H18F5N3O3/c25-16-7-8-19(20(26)13-16)23(35)30-10-9-21(33)31-17-5-1-3-14(11-17)22(34)32-18-6-2-4-15(12-18)24(27,28)29/h1-8,11-13H,9-10H2,(H,30,35)(H,31,33)(H,32,34). The van der Waals surface area contributed by atoms with E-state index >= 15 is 0 Å². The molecule has 0 fully saturated rings. The van der Waals surface area contributed by atoms with Crippen LogP contribution in [-0.2, 0) is 11.0 Å². The number of carbonyl (C=O) groups is 3. The zero-order valence-electron chi connectivity index (χ0n) is 17.9. The third-order valence-electron chi connectivity index (χ3n) is 4.67. The third-order valence-corrected chi connectivity index (χ3v) is 4.67. The summed E-state index contributed by atoms with van der Waals surface area (Å²) in [7, 11) is 0. The van der Waals surface area contributed by atoms with Crippen LogP contribution in [0, 0.1) is 11.6 Å². The van der Waals surface area contributed by atoms with E-state index in [4.69, 9.17) is 0 Å². The Morgan fingerprint density at radius 1 is 0.771 bits per heavy atom. The summed E-state index contributed by atoms with van der Waals surface area (Å²) in [5.74, 6) is -3.89. The van der Waals surface area contributed by atoms with Crippen LogP contribution in [0.4, 0.5) is 33.3 Å². The molecule has 0 unspecified atom stereocenters. The Balaban J connectivity index is 1.54. The second-order valence-electron chi connectivity index (χ2n) is 7.29. The Labute approximate surface area is 196 Å². The van der Waals surface area contributed by atoms with Crippen molar-refractivity contribution in [2.24, 2.45) is 0 Å². The molecule has 0 aliphatic carbocycles. The summed E-state index contributed by atoms with van der Waals surface area (Å²) in [6.07, 6.45) is -4.74. The van der Waals surface area contributed by atoms with Crippen LogP contribution in [0.25, 0.3) is 0 Å². The molecule has 0 radical (unpaired) electrons. The van der Waals surface area contributed by atoms with E-state index in [1.165, 1.54) is 36.4 Å². The van der Waals surface area contributed by atoms with Crippen LogP contribution in [0.3, 0.4) is 0 Å². The SMILES string of the molecule is O=C(CCNC(=O)c1ccc(F)cc1F)Nc1cccc(C(=O)Nc2cccc(C(F)(F)F)c2)c1. The van der Waals surface area contributed by atoms with Gasteiger partial charge in [0.1, 0.15) is 11.6 Å². The number of halogens is 5. The van der Waals surface area contributed by atoms with Crippen molar-refractivity contribution in [3.05, 3.63) is 95.1 Å². The summed E-state index contributed by atoms with van der Waals surface area (Å²) in [4.78, 5) is 36.5. The number of alkyl halides is 3. The molecule has 3 aromatic rings. The summed E-state index contributed by atoms with van der Waals surface area (Å²) in [5, 5.41) is 7.23. The fourth-order valence-corrected chi connectivity index (χ4v) is 3.00. The number of carbonyl (C=O) groups excluding carboxylic acids is 3. The van der Waals surface area contributed by atoms with Crippen LogP contribution in [0.2, 0.25) is 0 Å². The molecule has 3 amide bonds. The molecule has 0 aromatic heterocycles. The lowest BCUT2D eigenvalue weighted by molar-refractivity contribution is -0.137. The highest BCUT2D eigenvalue weighted by molar-refractivity contribution is 6.05. The molecule has 182 valence electrons. The van der Waals surface area contributed by atoms with Crippen LogP contribution in [0.15, 0.2) is 66.7 Å². The van der Waals surface area contributed by atoms with Gasteiger partial charge < -0.3 is 16.0 Å². The Bertz CT molecular complexity index is 1260. The predicted octanol–water partition coefficient (Wildman–Crippen LogP) is 4.99. The number of rotatable bonds is 7. The van der Waals surface area contributed by atoms with Gasteiger partial charge in [0.05, 0.1) is 11.1 Å². The molecule has 35 heavy (non-hydrogen) atoms. The zero-order chi connectivity index (χ0) is 25.6. The number of amides is 3. The first kappa shape index (κ1) is 25.3. The number of hydrogen-bond acceptors (Lipinski definition) is 3. The van der Waals surface area contributed by atoms with Gasteiger partial charge in [-0.2, -0.15) is 13.2 Å². The minimum atomic E-state index is -4.56. The molecule has 11 heteroatoms. The molecule has 0 bridgehead atoms. The summed E-state index contributed by atoms with van der Waals surface area (Å²) in [6, 6.07) is 12.3. The summed E-state index contributed by atoms with van der Waals surface area (Å²) < 4.78 is 65.1.